The Morgan fingerprint density at radius 1 is 0.745 bits per heavy atom. The summed E-state index contributed by atoms with van der Waals surface area (Å²) in [6, 6.07) is 7.11. The number of aryl methyl sites for hydroxylation is 2. The Bertz CT molecular complexity index is 2190. The summed E-state index contributed by atoms with van der Waals surface area (Å²) in [5.74, 6) is -0.583. The topological polar surface area (TPSA) is 170 Å². The Balaban J connectivity index is 0.000000339. The normalized spacial score (nSPS) is 14.7. The van der Waals surface area contributed by atoms with Crippen molar-refractivity contribution in [2.45, 2.75) is 36.4 Å². The molecule has 0 unspecified atom stereocenters. The summed E-state index contributed by atoms with van der Waals surface area (Å²) in [5, 5.41) is 0.0796. The first-order chi connectivity index (χ1) is 21.1. The lowest BCUT2D eigenvalue weighted by Gasteiger charge is -2.20. The molecule has 262 valence electrons. The standard InChI is InChI=1S/C20H18F3N3O5S.C2F6O5S2/c1-11-6-4-7-12(10-11)15-14-17(24(2)19(28)25(3)18(14)27)16-13(8-5-9-26(15)16)31-32(29,30)20(21,22)23;3-1(4,5)14(9,10)13-15(11,12)2(6,7)8/h4,6-8,10H,5,9H2,1-3H3;. The third-order valence-electron chi connectivity index (χ3n) is 6.10. The van der Waals surface area contributed by atoms with Gasteiger partial charge in [-0.15, -0.1) is 3.63 Å². The number of allylic oxidation sites excluding steroid dienone is 1. The Kier molecular flexibility index (Phi) is 9.60. The molecule has 47 heavy (non-hydrogen) atoms. The van der Waals surface area contributed by atoms with Gasteiger partial charge in [0.25, 0.3) is 5.56 Å². The fraction of sp³-hybridized carbons (Fsp3) is 0.364. The quantitative estimate of drug-likeness (QED) is 0.214. The lowest BCUT2D eigenvalue weighted by atomic mass is 10.1. The van der Waals surface area contributed by atoms with Crippen LogP contribution in [-0.4, -0.2) is 55.5 Å². The summed E-state index contributed by atoms with van der Waals surface area (Å²) in [5.41, 5.74) is -17.8. The van der Waals surface area contributed by atoms with Crippen LogP contribution in [0.2, 0.25) is 0 Å². The van der Waals surface area contributed by atoms with Crippen LogP contribution in [0.1, 0.15) is 17.7 Å². The Morgan fingerprint density at radius 2 is 1.26 bits per heavy atom. The van der Waals surface area contributed by atoms with Gasteiger partial charge in [-0.1, -0.05) is 23.8 Å². The highest BCUT2D eigenvalue weighted by molar-refractivity contribution is 8.00. The zero-order chi connectivity index (χ0) is 36.3. The molecule has 25 heteroatoms. The van der Waals surface area contributed by atoms with Crippen LogP contribution in [0.5, 0.6) is 0 Å². The molecular formula is C22H18F9N3O10S3. The van der Waals surface area contributed by atoms with Gasteiger partial charge in [-0.05, 0) is 31.1 Å². The van der Waals surface area contributed by atoms with Gasteiger partial charge in [0.2, 0.25) is 0 Å². The van der Waals surface area contributed by atoms with Crippen LogP contribution in [-0.2, 0) is 58.8 Å². The molecule has 0 atom stereocenters. The van der Waals surface area contributed by atoms with Gasteiger partial charge in [0.05, 0.1) is 16.6 Å². The molecule has 0 N–H and O–H groups in total. The average molecular weight is 752 g/mol. The van der Waals surface area contributed by atoms with Crippen molar-refractivity contribution in [1.82, 2.24) is 13.7 Å². The van der Waals surface area contributed by atoms with E-state index in [9.17, 15) is 74.4 Å². The van der Waals surface area contributed by atoms with Crippen molar-refractivity contribution in [1.29, 1.82) is 0 Å². The number of aromatic nitrogens is 3. The number of nitrogens with zero attached hydrogens (tertiary/aromatic N) is 3. The van der Waals surface area contributed by atoms with E-state index in [4.69, 9.17) is 0 Å². The van der Waals surface area contributed by atoms with Crippen LogP contribution < -0.4 is 11.2 Å². The number of halogens is 9. The smallest absolute Gasteiger partial charge is 0.374 e. The number of fused-ring (bicyclic) bond motifs is 3. The highest BCUT2D eigenvalue weighted by Crippen LogP contribution is 2.40. The second-order valence-electron chi connectivity index (χ2n) is 9.36. The number of benzene rings is 1. The van der Waals surface area contributed by atoms with E-state index >= 15 is 0 Å². The van der Waals surface area contributed by atoms with Crippen LogP contribution in [0.4, 0.5) is 39.5 Å². The van der Waals surface area contributed by atoms with Gasteiger partial charge in [-0.2, -0.15) is 64.8 Å². The maximum absolute atomic E-state index is 13.1. The van der Waals surface area contributed by atoms with Gasteiger partial charge in [0.1, 0.15) is 5.69 Å². The number of alkyl halides is 9. The first-order valence-electron chi connectivity index (χ1n) is 12.0. The zero-order valence-electron chi connectivity index (χ0n) is 23.4. The monoisotopic (exact) mass is 751 g/mol. The second-order valence-corrected chi connectivity index (χ2v) is 14.2. The average Bonchev–Trinajstić information content (AvgIpc) is 3.25. The fourth-order valence-electron chi connectivity index (χ4n) is 4.13. The minimum atomic E-state index is -6.85. The molecule has 0 spiro atoms. The molecule has 13 nitrogen and oxygen atoms in total. The van der Waals surface area contributed by atoms with Crippen LogP contribution in [0.25, 0.3) is 27.9 Å². The highest BCUT2D eigenvalue weighted by atomic mass is 32.3. The third kappa shape index (κ3) is 7.06. The number of hydrogen-bond donors (Lipinski definition) is 0. The lowest BCUT2D eigenvalue weighted by Crippen LogP contribution is -2.37. The first kappa shape index (κ1) is 37.6. The molecule has 1 aliphatic rings. The molecule has 0 saturated carbocycles. The maximum Gasteiger partial charge on any atom is 0.534 e. The third-order valence-corrected chi connectivity index (χ3v) is 9.63. The summed E-state index contributed by atoms with van der Waals surface area (Å²) >= 11 is 0. The molecule has 1 aromatic carbocycles. The Hall–Kier alpha value is -3.84. The number of hydrogen-bond acceptors (Lipinski definition) is 10. The molecule has 0 radical (unpaired) electrons. The second kappa shape index (κ2) is 12.0. The van der Waals surface area contributed by atoms with E-state index in [1.54, 1.807) is 18.2 Å². The van der Waals surface area contributed by atoms with E-state index in [1.165, 1.54) is 24.7 Å². The summed E-state index contributed by atoms with van der Waals surface area (Å²) in [7, 11) is -17.0. The van der Waals surface area contributed by atoms with Gasteiger partial charge >= 0.3 is 52.6 Å². The van der Waals surface area contributed by atoms with Crippen molar-refractivity contribution in [2.75, 3.05) is 0 Å². The largest absolute Gasteiger partial charge is 0.534 e. The molecule has 0 saturated heterocycles. The molecular weight excluding hydrogens is 733 g/mol. The summed E-state index contributed by atoms with van der Waals surface area (Å²) in [4.78, 5) is 25.7. The van der Waals surface area contributed by atoms with Crippen LogP contribution in [0.15, 0.2) is 39.9 Å². The van der Waals surface area contributed by atoms with E-state index in [1.807, 2.05) is 16.6 Å². The van der Waals surface area contributed by atoms with Crippen molar-refractivity contribution in [3.8, 4) is 11.3 Å². The maximum atomic E-state index is 13.1. The van der Waals surface area contributed by atoms with E-state index in [2.05, 4.69) is 4.18 Å². The molecule has 0 bridgehead atoms. The van der Waals surface area contributed by atoms with E-state index < -0.39 is 63.9 Å². The molecule has 0 amide bonds. The minimum absolute atomic E-state index is 0.00192. The summed E-state index contributed by atoms with van der Waals surface area (Å²) in [6.45, 7) is 2.08. The van der Waals surface area contributed by atoms with Crippen LogP contribution in [0, 0.1) is 6.92 Å². The lowest BCUT2D eigenvalue weighted by molar-refractivity contribution is -0.0586. The zero-order valence-corrected chi connectivity index (χ0v) is 25.8. The van der Waals surface area contributed by atoms with E-state index in [0.717, 1.165) is 14.7 Å². The Labute approximate surface area is 257 Å². The first-order valence-corrected chi connectivity index (χ1v) is 16.2. The van der Waals surface area contributed by atoms with E-state index in [0.29, 0.717) is 11.3 Å². The molecule has 3 heterocycles. The molecule has 3 aromatic rings. The molecule has 0 aliphatic carbocycles. The fourth-order valence-corrected chi connectivity index (χ4v) is 6.17. The molecule has 4 rings (SSSR count). The van der Waals surface area contributed by atoms with Crippen LogP contribution >= 0.6 is 0 Å². The van der Waals surface area contributed by atoms with Crippen molar-refractivity contribution < 1.29 is 72.6 Å². The highest BCUT2D eigenvalue weighted by Gasteiger charge is 2.57. The molecule has 2 aromatic heterocycles. The van der Waals surface area contributed by atoms with Gasteiger partial charge in [-0.3, -0.25) is 13.9 Å². The van der Waals surface area contributed by atoms with Crippen LogP contribution in [0.3, 0.4) is 0 Å². The molecule has 0 fully saturated rings. The number of rotatable bonds is 5. The van der Waals surface area contributed by atoms with Gasteiger partial charge in [0.15, 0.2) is 5.76 Å². The van der Waals surface area contributed by atoms with Gasteiger partial charge in [-0.25, -0.2) is 4.79 Å². The van der Waals surface area contributed by atoms with Crippen molar-refractivity contribution >= 4 is 47.0 Å². The van der Waals surface area contributed by atoms with E-state index in [-0.39, 0.29) is 29.6 Å². The van der Waals surface area contributed by atoms with Gasteiger partial charge < -0.3 is 8.75 Å². The minimum Gasteiger partial charge on any atom is -0.374 e. The van der Waals surface area contributed by atoms with Crippen molar-refractivity contribution in [3.05, 3.63) is 62.4 Å². The predicted octanol–water partition coefficient (Wildman–Crippen LogP) is 3.33. The van der Waals surface area contributed by atoms with Crippen molar-refractivity contribution in [3.63, 3.8) is 0 Å². The van der Waals surface area contributed by atoms with Gasteiger partial charge in [0, 0.05) is 20.6 Å². The SMILES string of the molecule is Cc1cccc(-c2c3c(=O)n(C)c(=O)n(C)c3c3n2CCC=C3OS(=O)(=O)C(F)(F)F)c1.O=S(=O)(OS(=O)(=O)C(F)(F)F)C(F)(F)F. The summed E-state index contributed by atoms with van der Waals surface area (Å²) in [6.07, 6.45) is 1.36. The summed E-state index contributed by atoms with van der Waals surface area (Å²) < 4.78 is 180. The predicted molar refractivity (Wildman–Crippen MR) is 142 cm³/mol. The Morgan fingerprint density at radius 3 is 1.72 bits per heavy atom. The molecule has 1 aliphatic heterocycles. The van der Waals surface area contributed by atoms with Crippen molar-refractivity contribution in [2.24, 2.45) is 14.1 Å².